The Hall–Kier alpha value is -4.19. The molecule has 9 heteroatoms. The van der Waals surface area contributed by atoms with Gasteiger partial charge >= 0.3 is 0 Å². The molecule has 3 N–H and O–H groups in total. The Morgan fingerprint density at radius 2 is 1.73 bits per heavy atom. The lowest BCUT2D eigenvalue weighted by Crippen LogP contribution is -2.22. The fourth-order valence-electron chi connectivity index (χ4n) is 4.31. The standard InChI is InChI=1S/C28H36N6O3/c1-28(2,3)21-11-17(12-23(33(7)8)25(21)37-10-9-29)24(35)16-34-15-18-13-22(32(5)6)20(27(36)31-4)14-19(18)26(34)30/h11-15H,10,16,30H2,1-8H3,(H,31,36). The number of carbonyl (C=O) groups is 2. The summed E-state index contributed by atoms with van der Waals surface area (Å²) in [5.41, 5.74) is 9.49. The Bertz CT molecular complexity index is 1390. The second-order valence-electron chi connectivity index (χ2n) is 10.5. The minimum Gasteiger partial charge on any atom is -0.476 e. The van der Waals surface area contributed by atoms with Crippen LogP contribution in [-0.4, -0.2) is 58.1 Å². The summed E-state index contributed by atoms with van der Waals surface area (Å²) in [6.07, 6.45) is 1.84. The van der Waals surface area contributed by atoms with E-state index in [0.29, 0.717) is 28.1 Å². The van der Waals surface area contributed by atoms with Gasteiger partial charge in [-0.1, -0.05) is 20.8 Å². The topological polar surface area (TPSA) is 117 Å². The number of nitrogens with zero attached hydrogens (tertiary/aromatic N) is 4. The molecule has 0 unspecified atom stereocenters. The highest BCUT2D eigenvalue weighted by Crippen LogP contribution is 2.40. The van der Waals surface area contributed by atoms with Gasteiger partial charge in [0.2, 0.25) is 0 Å². The minimum atomic E-state index is -0.328. The Labute approximate surface area is 218 Å². The quantitative estimate of drug-likeness (QED) is 0.448. The van der Waals surface area contributed by atoms with Crippen LogP contribution >= 0.6 is 0 Å². The van der Waals surface area contributed by atoms with E-state index in [1.54, 1.807) is 23.7 Å². The molecule has 37 heavy (non-hydrogen) atoms. The van der Waals surface area contributed by atoms with Crippen LogP contribution in [0, 0.1) is 11.3 Å². The Balaban J connectivity index is 2.09. The minimum absolute atomic E-state index is 0.0297. The van der Waals surface area contributed by atoms with E-state index in [1.165, 1.54) is 0 Å². The number of nitriles is 1. The first-order valence-electron chi connectivity index (χ1n) is 12.0. The van der Waals surface area contributed by atoms with Crippen molar-refractivity contribution < 1.29 is 14.3 Å². The van der Waals surface area contributed by atoms with Gasteiger partial charge in [-0.3, -0.25) is 9.59 Å². The van der Waals surface area contributed by atoms with Crippen molar-refractivity contribution in [2.45, 2.75) is 32.7 Å². The zero-order valence-corrected chi connectivity index (χ0v) is 22.9. The lowest BCUT2D eigenvalue weighted by atomic mass is 9.84. The number of ketones is 1. The van der Waals surface area contributed by atoms with Gasteiger partial charge in [0.15, 0.2) is 12.4 Å². The van der Waals surface area contributed by atoms with E-state index in [9.17, 15) is 9.59 Å². The molecule has 0 aliphatic heterocycles. The monoisotopic (exact) mass is 504 g/mol. The third kappa shape index (κ3) is 5.48. The lowest BCUT2D eigenvalue weighted by Gasteiger charge is -2.27. The molecule has 196 valence electrons. The largest absolute Gasteiger partial charge is 0.476 e. The number of rotatable bonds is 8. The first-order valence-corrected chi connectivity index (χ1v) is 12.0. The molecule has 0 radical (unpaired) electrons. The normalized spacial score (nSPS) is 11.2. The molecular formula is C28H36N6O3. The summed E-state index contributed by atoms with van der Waals surface area (Å²) in [5, 5.41) is 13.3. The van der Waals surface area contributed by atoms with E-state index >= 15 is 0 Å². The summed E-state index contributed by atoms with van der Waals surface area (Å²) in [6.45, 7) is 6.06. The van der Waals surface area contributed by atoms with Crippen LogP contribution in [0.3, 0.4) is 0 Å². The number of benzene rings is 2. The van der Waals surface area contributed by atoms with Gasteiger partial charge in [-0.25, -0.2) is 0 Å². The molecule has 3 rings (SSSR count). The van der Waals surface area contributed by atoms with Crippen LogP contribution in [0.5, 0.6) is 5.75 Å². The maximum Gasteiger partial charge on any atom is 0.253 e. The highest BCUT2D eigenvalue weighted by atomic mass is 16.5. The van der Waals surface area contributed by atoms with Crippen LogP contribution < -0.4 is 25.6 Å². The van der Waals surface area contributed by atoms with Gasteiger partial charge in [0, 0.05) is 69.0 Å². The number of nitrogens with one attached hydrogen (secondary N) is 1. The Morgan fingerprint density at radius 1 is 1.08 bits per heavy atom. The number of carbonyl (C=O) groups excluding carboxylic acids is 2. The maximum absolute atomic E-state index is 13.6. The molecule has 0 saturated heterocycles. The maximum atomic E-state index is 13.6. The third-order valence-electron chi connectivity index (χ3n) is 6.28. The van der Waals surface area contributed by atoms with Gasteiger partial charge in [0.1, 0.15) is 17.6 Å². The number of hydrogen-bond donors (Lipinski definition) is 2. The number of hydrogen-bond acceptors (Lipinski definition) is 7. The molecule has 0 fully saturated rings. The van der Waals surface area contributed by atoms with Crippen molar-refractivity contribution in [2.24, 2.45) is 0 Å². The fraction of sp³-hybridized carbons (Fsp3) is 0.393. The Morgan fingerprint density at radius 3 is 2.27 bits per heavy atom. The molecule has 9 nitrogen and oxygen atoms in total. The number of Topliss-reactive ketones (excluding diaryl/α,β-unsaturated/α-hetero) is 1. The number of aromatic nitrogens is 1. The van der Waals surface area contributed by atoms with Crippen LogP contribution in [0.2, 0.25) is 0 Å². The molecule has 0 atom stereocenters. The summed E-state index contributed by atoms with van der Waals surface area (Å²) < 4.78 is 7.53. The van der Waals surface area contributed by atoms with Gasteiger partial charge < -0.3 is 30.2 Å². The molecule has 1 aromatic heterocycles. The zero-order chi connectivity index (χ0) is 27.7. The van der Waals surface area contributed by atoms with Crippen LogP contribution in [0.25, 0.3) is 10.8 Å². The summed E-state index contributed by atoms with van der Waals surface area (Å²) in [5.74, 6) is 0.682. The van der Waals surface area contributed by atoms with Crippen LogP contribution in [0.1, 0.15) is 47.1 Å². The van der Waals surface area contributed by atoms with Crippen molar-refractivity contribution in [1.82, 2.24) is 9.88 Å². The highest BCUT2D eigenvalue weighted by Gasteiger charge is 2.26. The van der Waals surface area contributed by atoms with E-state index in [4.69, 9.17) is 15.7 Å². The van der Waals surface area contributed by atoms with Crippen molar-refractivity contribution in [3.05, 3.63) is 47.2 Å². The van der Waals surface area contributed by atoms with E-state index in [1.807, 2.05) is 83.2 Å². The number of nitrogens with two attached hydrogens (primary N) is 1. The summed E-state index contributed by atoms with van der Waals surface area (Å²) in [7, 11) is 9.08. The van der Waals surface area contributed by atoms with Crippen LogP contribution in [-0.2, 0) is 12.0 Å². The van der Waals surface area contributed by atoms with Crippen molar-refractivity contribution in [1.29, 1.82) is 5.26 Å². The predicted molar refractivity (Wildman–Crippen MR) is 149 cm³/mol. The third-order valence-corrected chi connectivity index (χ3v) is 6.28. The first-order chi connectivity index (χ1) is 17.3. The molecule has 1 heterocycles. The number of anilines is 3. The van der Waals surface area contributed by atoms with Gasteiger partial charge in [0.05, 0.1) is 17.8 Å². The van der Waals surface area contributed by atoms with Crippen molar-refractivity contribution >= 4 is 39.7 Å². The van der Waals surface area contributed by atoms with Crippen molar-refractivity contribution in [3.63, 3.8) is 0 Å². The molecule has 3 aromatic rings. The van der Waals surface area contributed by atoms with Crippen LogP contribution in [0.15, 0.2) is 30.5 Å². The summed E-state index contributed by atoms with van der Waals surface area (Å²) in [6, 6.07) is 9.32. The number of nitrogen functional groups attached to an aromatic ring is 1. The second kappa shape index (κ2) is 10.4. The van der Waals surface area contributed by atoms with E-state index < -0.39 is 0 Å². The average molecular weight is 505 g/mol. The van der Waals surface area contributed by atoms with E-state index in [2.05, 4.69) is 5.32 Å². The molecule has 0 bridgehead atoms. The van der Waals surface area contributed by atoms with Gasteiger partial charge in [-0.15, -0.1) is 0 Å². The average Bonchev–Trinajstić information content (AvgIpc) is 3.14. The molecule has 0 aliphatic rings. The number of ether oxygens (including phenoxy) is 1. The predicted octanol–water partition coefficient (Wildman–Crippen LogP) is 3.80. The molecule has 0 saturated carbocycles. The molecule has 0 spiro atoms. The summed E-state index contributed by atoms with van der Waals surface area (Å²) >= 11 is 0. The second-order valence-corrected chi connectivity index (χ2v) is 10.5. The zero-order valence-electron chi connectivity index (χ0n) is 22.9. The van der Waals surface area contributed by atoms with Crippen molar-refractivity contribution in [3.8, 4) is 11.8 Å². The molecule has 0 aliphatic carbocycles. The number of amides is 1. The van der Waals surface area contributed by atoms with E-state index in [-0.39, 0.29) is 30.3 Å². The van der Waals surface area contributed by atoms with Gasteiger partial charge in [-0.05, 0) is 29.7 Å². The molecule has 1 amide bonds. The van der Waals surface area contributed by atoms with E-state index in [0.717, 1.165) is 22.3 Å². The van der Waals surface area contributed by atoms with Gasteiger partial charge in [0.25, 0.3) is 5.91 Å². The van der Waals surface area contributed by atoms with Crippen molar-refractivity contribution in [2.75, 3.05) is 57.4 Å². The Kier molecular flexibility index (Phi) is 7.72. The number of fused-ring (bicyclic) bond motifs is 1. The highest BCUT2D eigenvalue weighted by molar-refractivity contribution is 6.07. The summed E-state index contributed by atoms with van der Waals surface area (Å²) in [4.78, 5) is 29.8. The molecule has 2 aromatic carbocycles. The SMILES string of the molecule is CNC(=O)c1cc2c(N)n(CC(=O)c3cc(N(C)C)c(OCC#N)c(C(C)(C)C)c3)cc2cc1N(C)C. The first kappa shape index (κ1) is 27.4. The van der Waals surface area contributed by atoms with Gasteiger partial charge in [-0.2, -0.15) is 5.26 Å². The van der Waals surface area contributed by atoms with Crippen LogP contribution in [0.4, 0.5) is 17.2 Å². The smallest absolute Gasteiger partial charge is 0.253 e. The fourth-order valence-corrected chi connectivity index (χ4v) is 4.31. The lowest BCUT2D eigenvalue weighted by molar-refractivity contribution is 0.0959. The molecular weight excluding hydrogens is 468 g/mol.